The Balaban J connectivity index is 0.00000106. The summed E-state index contributed by atoms with van der Waals surface area (Å²) in [7, 11) is 0. The minimum atomic E-state index is -0.380. The van der Waals surface area contributed by atoms with E-state index in [4.69, 9.17) is 4.74 Å². The fraction of sp³-hybridized carbons (Fsp3) is 0.833. The molecule has 0 heterocycles. The summed E-state index contributed by atoms with van der Waals surface area (Å²) >= 11 is 3.62. The van der Waals surface area contributed by atoms with Crippen LogP contribution >= 0.6 is 19.8 Å². The van der Waals surface area contributed by atoms with Crippen LogP contribution in [0.4, 0.5) is 0 Å². The van der Waals surface area contributed by atoms with E-state index in [9.17, 15) is 4.79 Å². The molecule has 0 saturated heterocycles. The zero-order valence-corrected chi connectivity index (χ0v) is 15.7. The first kappa shape index (κ1) is 16.8. The molecule has 0 aliphatic heterocycles. The van der Waals surface area contributed by atoms with Crippen molar-refractivity contribution in [1.29, 1.82) is 0 Å². The molecule has 1 aliphatic rings. The van der Waals surface area contributed by atoms with Gasteiger partial charge in [0, 0.05) is 0 Å². The van der Waals surface area contributed by atoms with E-state index in [2.05, 4.69) is 26.7 Å². The third kappa shape index (κ3) is 5.95. The molecule has 0 bridgehead atoms. The Morgan fingerprint density at radius 2 is 2.00 bits per heavy atom. The van der Waals surface area contributed by atoms with Crippen LogP contribution in [0.15, 0.2) is 0 Å². The molecule has 0 aromatic rings. The maximum atomic E-state index is 11.5. The van der Waals surface area contributed by atoms with Gasteiger partial charge in [0.15, 0.2) is 0 Å². The van der Waals surface area contributed by atoms with E-state index in [0.717, 1.165) is 6.42 Å². The second kappa shape index (κ2) is 8.02. The van der Waals surface area contributed by atoms with Gasteiger partial charge < -0.3 is 11.7 Å². The number of rotatable bonds is 2. The molecule has 1 unspecified atom stereocenters. The Hall–Kier alpha value is 0.823. The van der Waals surface area contributed by atoms with E-state index in [1.54, 1.807) is 0 Å². The van der Waals surface area contributed by atoms with Crippen LogP contribution in [-0.2, 0) is 24.3 Å². The molecule has 0 spiro atoms. The summed E-state index contributed by atoms with van der Waals surface area (Å²) in [5, 5.41) is 0. The molecule has 2 atom stereocenters. The standard InChI is InChI=1S/C12H21O2.HI.Zn/c1-9-6-5-7-10(9)8-14-11(13)12(2,3)4;;/h9-10H,1,5-8H2,2-4H3;1H;/q-1;;+2/p-1/t9?,10-;;/m1../s1. The zero-order valence-electron chi connectivity index (χ0n) is 10.6. The summed E-state index contributed by atoms with van der Waals surface area (Å²) in [5.41, 5.74) is -0.380. The van der Waals surface area contributed by atoms with Crippen molar-refractivity contribution in [2.75, 3.05) is 6.61 Å². The van der Waals surface area contributed by atoms with Crippen molar-refractivity contribution < 1.29 is 24.3 Å². The quantitative estimate of drug-likeness (QED) is 0.311. The number of hydrogen-bond donors (Lipinski definition) is 0. The van der Waals surface area contributed by atoms with Gasteiger partial charge in [-0.15, -0.1) is 0 Å². The number of carbonyl (C=O) groups excluding carboxylic acids is 1. The second-order valence-corrected chi connectivity index (χ2v) is 5.30. The minimum absolute atomic E-state index is 0.100. The van der Waals surface area contributed by atoms with Crippen LogP contribution in [0, 0.1) is 24.2 Å². The summed E-state index contributed by atoms with van der Waals surface area (Å²) in [6.45, 7) is 10.3. The SMILES string of the molecule is [CH2-]C1CCC[C@@H]1COC(=O)C(C)(C)C.[Zn+][I]. The fourth-order valence-electron chi connectivity index (χ4n) is 1.73. The van der Waals surface area contributed by atoms with Crippen LogP contribution in [0.5, 0.6) is 0 Å². The van der Waals surface area contributed by atoms with Gasteiger partial charge in [-0.25, -0.2) is 0 Å². The number of carbonyl (C=O) groups is 1. The molecular formula is C12H21IO2Zn. The number of halogens is 1. The van der Waals surface area contributed by atoms with Crippen molar-refractivity contribution in [2.45, 2.75) is 40.0 Å². The van der Waals surface area contributed by atoms with Crippen LogP contribution in [0.3, 0.4) is 0 Å². The van der Waals surface area contributed by atoms with Gasteiger partial charge in [0.25, 0.3) is 0 Å². The Labute approximate surface area is 120 Å². The first-order valence-corrected chi connectivity index (χ1v) is 14.7. The van der Waals surface area contributed by atoms with Crippen molar-refractivity contribution in [3.8, 4) is 0 Å². The van der Waals surface area contributed by atoms with Crippen LogP contribution < -0.4 is 0 Å². The molecule has 2 nitrogen and oxygen atoms in total. The predicted molar refractivity (Wildman–Crippen MR) is 70.6 cm³/mol. The third-order valence-corrected chi connectivity index (χ3v) is 2.86. The molecule has 0 amide bonds. The van der Waals surface area contributed by atoms with Gasteiger partial charge in [0.2, 0.25) is 0 Å². The molecule has 0 aromatic carbocycles. The molecule has 0 aromatic heterocycles. The van der Waals surface area contributed by atoms with Gasteiger partial charge in [0.1, 0.15) is 0 Å². The molecular weight excluding hydrogens is 368 g/mol. The Morgan fingerprint density at radius 3 is 2.38 bits per heavy atom. The Morgan fingerprint density at radius 1 is 1.44 bits per heavy atom. The summed E-state index contributed by atoms with van der Waals surface area (Å²) in [5.74, 6) is 0.862. The molecule has 1 aliphatic carbocycles. The fourth-order valence-corrected chi connectivity index (χ4v) is 1.73. The van der Waals surface area contributed by atoms with E-state index in [1.165, 1.54) is 27.6 Å². The van der Waals surface area contributed by atoms with Crippen molar-refractivity contribution in [2.24, 2.45) is 17.3 Å². The Bertz CT molecular complexity index is 214. The normalized spacial score (nSPS) is 24.7. The van der Waals surface area contributed by atoms with Crippen molar-refractivity contribution in [3.05, 3.63) is 6.92 Å². The van der Waals surface area contributed by atoms with E-state index < -0.39 is 0 Å². The van der Waals surface area contributed by atoms with Crippen LogP contribution in [0.1, 0.15) is 40.0 Å². The molecule has 1 fully saturated rings. The van der Waals surface area contributed by atoms with Crippen molar-refractivity contribution in [3.63, 3.8) is 0 Å². The molecule has 0 N–H and O–H groups in total. The number of hydrogen-bond acceptors (Lipinski definition) is 2. The summed E-state index contributed by atoms with van der Waals surface area (Å²) in [6, 6.07) is 0. The molecule has 4 heteroatoms. The first-order valence-electron chi connectivity index (χ1n) is 5.68. The van der Waals surface area contributed by atoms with Gasteiger partial charge in [-0.3, -0.25) is 4.79 Å². The van der Waals surface area contributed by atoms with Gasteiger partial charge in [-0.05, 0) is 33.1 Å². The summed E-state index contributed by atoms with van der Waals surface area (Å²) < 4.78 is 5.28. The molecule has 1 rings (SSSR count). The van der Waals surface area contributed by atoms with Crippen molar-refractivity contribution >= 4 is 25.7 Å². The molecule has 1 saturated carbocycles. The van der Waals surface area contributed by atoms with Crippen LogP contribution in [0.2, 0.25) is 0 Å². The second-order valence-electron chi connectivity index (χ2n) is 5.30. The molecule has 90 valence electrons. The number of ether oxygens (including phenoxy) is 1. The van der Waals surface area contributed by atoms with Crippen molar-refractivity contribution in [1.82, 2.24) is 0 Å². The average molecular weight is 390 g/mol. The predicted octanol–water partition coefficient (Wildman–Crippen LogP) is 3.71. The first-order chi connectivity index (χ1) is 7.41. The Kier molecular flexibility index (Phi) is 8.43. The average Bonchev–Trinajstić information content (AvgIpc) is 2.62. The molecule has 0 radical (unpaired) electrons. The van der Waals surface area contributed by atoms with E-state index in [0.29, 0.717) is 18.4 Å². The van der Waals surface area contributed by atoms with E-state index >= 15 is 0 Å². The zero-order chi connectivity index (χ0) is 12.8. The van der Waals surface area contributed by atoms with Gasteiger partial charge >= 0.3 is 40.5 Å². The summed E-state index contributed by atoms with van der Waals surface area (Å²) in [4.78, 5) is 11.5. The maximum absolute atomic E-state index is 11.5. The molecule has 16 heavy (non-hydrogen) atoms. The van der Waals surface area contributed by atoms with E-state index in [-0.39, 0.29) is 11.4 Å². The van der Waals surface area contributed by atoms with Gasteiger partial charge in [-0.1, -0.05) is 12.8 Å². The van der Waals surface area contributed by atoms with Crippen LogP contribution in [-0.4, -0.2) is 12.6 Å². The number of esters is 1. The topological polar surface area (TPSA) is 26.3 Å². The van der Waals surface area contributed by atoms with Gasteiger partial charge in [0.05, 0.1) is 12.0 Å². The monoisotopic (exact) mass is 388 g/mol. The van der Waals surface area contributed by atoms with Crippen LogP contribution in [0.25, 0.3) is 0 Å². The van der Waals surface area contributed by atoms with E-state index in [1.807, 2.05) is 20.8 Å². The van der Waals surface area contributed by atoms with Gasteiger partial charge in [-0.2, -0.15) is 5.92 Å². The third-order valence-electron chi connectivity index (χ3n) is 2.86. The summed E-state index contributed by atoms with van der Waals surface area (Å²) in [6.07, 6.45) is 3.56.